The number of esters is 1. The first-order chi connectivity index (χ1) is 14.5. The van der Waals surface area contributed by atoms with E-state index in [1.165, 1.54) is 44.8 Å². The molecule has 0 N–H and O–H groups in total. The van der Waals surface area contributed by atoms with Crippen molar-refractivity contribution in [2.75, 3.05) is 13.7 Å². The van der Waals surface area contributed by atoms with Gasteiger partial charge in [-0.3, -0.25) is 4.79 Å². The SMILES string of the molecule is COc1cc(C(=O)OCC(=O)c2ccc(C3CCCCC3)cc2)ccc1OC(C)C. The number of carbonyl (C=O) groups is 2. The number of carbonyl (C=O) groups excluding carboxylic acids is 2. The van der Waals surface area contributed by atoms with Gasteiger partial charge in [0.05, 0.1) is 18.8 Å². The lowest BCUT2D eigenvalue weighted by molar-refractivity contribution is 0.0474. The Morgan fingerprint density at radius 1 is 0.933 bits per heavy atom. The predicted molar refractivity (Wildman–Crippen MR) is 116 cm³/mol. The summed E-state index contributed by atoms with van der Waals surface area (Å²) in [7, 11) is 1.51. The molecule has 1 saturated carbocycles. The molecule has 3 rings (SSSR count). The van der Waals surface area contributed by atoms with Crippen LogP contribution in [0.5, 0.6) is 11.5 Å². The van der Waals surface area contributed by atoms with Crippen LogP contribution in [0.25, 0.3) is 0 Å². The molecule has 2 aromatic carbocycles. The van der Waals surface area contributed by atoms with E-state index in [1.54, 1.807) is 18.2 Å². The van der Waals surface area contributed by atoms with Crippen LogP contribution in [-0.2, 0) is 4.74 Å². The van der Waals surface area contributed by atoms with Crippen molar-refractivity contribution in [3.05, 3.63) is 59.2 Å². The maximum Gasteiger partial charge on any atom is 0.338 e. The fraction of sp³-hybridized carbons (Fsp3) is 0.440. The molecule has 0 spiro atoms. The lowest BCUT2D eigenvalue weighted by Crippen LogP contribution is -2.15. The van der Waals surface area contributed by atoms with Gasteiger partial charge >= 0.3 is 5.97 Å². The molecule has 1 aliphatic rings. The molecule has 0 heterocycles. The van der Waals surface area contributed by atoms with E-state index < -0.39 is 5.97 Å². The van der Waals surface area contributed by atoms with Gasteiger partial charge in [0.1, 0.15) is 0 Å². The third kappa shape index (κ3) is 5.62. The quantitative estimate of drug-likeness (QED) is 0.420. The van der Waals surface area contributed by atoms with Crippen molar-refractivity contribution < 1.29 is 23.8 Å². The van der Waals surface area contributed by atoms with Gasteiger partial charge in [-0.2, -0.15) is 0 Å². The van der Waals surface area contributed by atoms with Gasteiger partial charge in [0.15, 0.2) is 23.9 Å². The van der Waals surface area contributed by atoms with Gasteiger partial charge in [0.2, 0.25) is 0 Å². The normalized spacial score (nSPS) is 14.4. The van der Waals surface area contributed by atoms with Gasteiger partial charge in [0, 0.05) is 5.56 Å². The van der Waals surface area contributed by atoms with Crippen LogP contribution >= 0.6 is 0 Å². The Morgan fingerprint density at radius 3 is 2.23 bits per heavy atom. The number of ketones is 1. The molecule has 0 aromatic heterocycles. The second kappa shape index (κ2) is 10.3. The second-order valence-corrected chi connectivity index (χ2v) is 7.99. The van der Waals surface area contributed by atoms with Crippen LogP contribution in [0.4, 0.5) is 0 Å². The van der Waals surface area contributed by atoms with Crippen LogP contribution in [0.2, 0.25) is 0 Å². The van der Waals surface area contributed by atoms with E-state index >= 15 is 0 Å². The van der Waals surface area contributed by atoms with Crippen molar-refractivity contribution in [1.29, 1.82) is 0 Å². The average Bonchev–Trinajstić information content (AvgIpc) is 2.77. The van der Waals surface area contributed by atoms with Gasteiger partial charge in [0.25, 0.3) is 0 Å². The minimum absolute atomic E-state index is 0.0150. The predicted octanol–water partition coefficient (Wildman–Crippen LogP) is 5.57. The summed E-state index contributed by atoms with van der Waals surface area (Å²) in [4.78, 5) is 24.8. The van der Waals surface area contributed by atoms with Crippen molar-refractivity contribution in [2.24, 2.45) is 0 Å². The summed E-state index contributed by atoms with van der Waals surface area (Å²) in [6.45, 7) is 3.53. The highest BCUT2D eigenvalue weighted by Gasteiger charge is 2.17. The van der Waals surface area contributed by atoms with Crippen LogP contribution in [0.15, 0.2) is 42.5 Å². The summed E-state index contributed by atoms with van der Waals surface area (Å²) >= 11 is 0. The number of hydrogen-bond acceptors (Lipinski definition) is 5. The van der Waals surface area contributed by atoms with Crippen molar-refractivity contribution >= 4 is 11.8 Å². The molecule has 0 aliphatic heterocycles. The molecule has 0 atom stereocenters. The third-order valence-corrected chi connectivity index (χ3v) is 5.41. The largest absolute Gasteiger partial charge is 0.493 e. The second-order valence-electron chi connectivity index (χ2n) is 7.99. The zero-order valence-electron chi connectivity index (χ0n) is 18.0. The van der Waals surface area contributed by atoms with Crippen LogP contribution in [-0.4, -0.2) is 31.6 Å². The molecule has 1 fully saturated rings. The highest BCUT2D eigenvalue weighted by Crippen LogP contribution is 2.32. The Balaban J connectivity index is 1.58. The van der Waals surface area contributed by atoms with Crippen LogP contribution in [0.3, 0.4) is 0 Å². The molecular weight excluding hydrogens is 380 g/mol. The smallest absolute Gasteiger partial charge is 0.338 e. The maximum absolute atomic E-state index is 12.4. The molecule has 5 nitrogen and oxygen atoms in total. The monoisotopic (exact) mass is 410 g/mol. The molecular formula is C25H30O5. The standard InChI is InChI=1S/C25H30O5/c1-17(2)30-23-14-13-21(15-24(23)28-3)25(27)29-16-22(26)20-11-9-19(10-12-20)18-7-5-4-6-8-18/h9-15,17-18H,4-8,16H2,1-3H3. The van der Waals surface area contributed by atoms with Crippen molar-refractivity contribution in [2.45, 2.75) is 58.0 Å². The fourth-order valence-electron chi connectivity index (χ4n) is 3.82. The fourth-order valence-corrected chi connectivity index (χ4v) is 3.82. The van der Waals surface area contributed by atoms with Crippen molar-refractivity contribution in [3.8, 4) is 11.5 Å². The molecule has 0 unspecified atom stereocenters. The number of ether oxygens (including phenoxy) is 3. The molecule has 0 radical (unpaired) electrons. The molecule has 0 saturated heterocycles. The summed E-state index contributed by atoms with van der Waals surface area (Å²) in [6, 6.07) is 12.6. The summed E-state index contributed by atoms with van der Waals surface area (Å²) in [5.41, 5.74) is 2.16. The Hall–Kier alpha value is -2.82. The molecule has 1 aliphatic carbocycles. The summed E-state index contributed by atoms with van der Waals surface area (Å²) in [5.74, 6) is 0.807. The first kappa shape index (κ1) is 21.9. The van der Waals surface area contributed by atoms with E-state index in [0.717, 1.165) is 0 Å². The molecule has 30 heavy (non-hydrogen) atoms. The number of Topliss-reactive ketones (excluding diaryl/α,β-unsaturated/α-hetero) is 1. The number of benzene rings is 2. The van der Waals surface area contributed by atoms with Gasteiger partial charge in [-0.1, -0.05) is 43.5 Å². The van der Waals surface area contributed by atoms with Crippen molar-refractivity contribution in [3.63, 3.8) is 0 Å². The molecule has 0 amide bonds. The molecule has 2 aromatic rings. The van der Waals surface area contributed by atoms with E-state index in [4.69, 9.17) is 14.2 Å². The Bertz CT molecular complexity index is 864. The van der Waals surface area contributed by atoms with Crippen LogP contribution < -0.4 is 9.47 Å². The summed E-state index contributed by atoms with van der Waals surface area (Å²) in [5, 5.41) is 0. The van der Waals surface area contributed by atoms with E-state index in [2.05, 4.69) is 0 Å². The summed E-state index contributed by atoms with van der Waals surface area (Å²) < 4.78 is 16.2. The highest BCUT2D eigenvalue weighted by atomic mass is 16.5. The Labute approximate surface area is 178 Å². The van der Waals surface area contributed by atoms with Crippen LogP contribution in [0.1, 0.15) is 78.1 Å². The topological polar surface area (TPSA) is 61.8 Å². The number of hydrogen-bond donors (Lipinski definition) is 0. The van der Waals surface area contributed by atoms with Crippen LogP contribution in [0, 0.1) is 0 Å². The Morgan fingerprint density at radius 2 is 1.60 bits per heavy atom. The van der Waals surface area contributed by atoms with Gasteiger partial charge in [-0.05, 0) is 56.4 Å². The molecule has 160 valence electrons. The van der Waals surface area contributed by atoms with E-state index in [1.807, 2.05) is 38.1 Å². The van der Waals surface area contributed by atoms with Gasteiger partial charge < -0.3 is 14.2 Å². The van der Waals surface area contributed by atoms with E-state index in [-0.39, 0.29) is 18.5 Å². The van der Waals surface area contributed by atoms with Gasteiger partial charge in [-0.25, -0.2) is 4.79 Å². The zero-order valence-corrected chi connectivity index (χ0v) is 18.0. The third-order valence-electron chi connectivity index (χ3n) is 5.41. The Kier molecular flexibility index (Phi) is 7.50. The highest BCUT2D eigenvalue weighted by molar-refractivity contribution is 5.99. The maximum atomic E-state index is 12.4. The van der Waals surface area contributed by atoms with E-state index in [9.17, 15) is 9.59 Å². The molecule has 5 heteroatoms. The minimum Gasteiger partial charge on any atom is -0.493 e. The summed E-state index contributed by atoms with van der Waals surface area (Å²) in [6.07, 6.45) is 6.29. The molecule has 0 bridgehead atoms. The number of methoxy groups -OCH3 is 1. The lowest BCUT2D eigenvalue weighted by atomic mass is 9.84. The number of rotatable bonds is 8. The minimum atomic E-state index is -0.573. The van der Waals surface area contributed by atoms with Gasteiger partial charge in [-0.15, -0.1) is 0 Å². The first-order valence-electron chi connectivity index (χ1n) is 10.6. The van der Waals surface area contributed by atoms with Crippen molar-refractivity contribution in [1.82, 2.24) is 0 Å². The first-order valence-corrected chi connectivity index (χ1v) is 10.6. The van der Waals surface area contributed by atoms with E-state index in [0.29, 0.717) is 28.5 Å². The average molecular weight is 411 g/mol. The zero-order chi connectivity index (χ0) is 21.5. The lowest BCUT2D eigenvalue weighted by Gasteiger charge is -2.22.